The van der Waals surface area contributed by atoms with E-state index in [-0.39, 0.29) is 0 Å². The average Bonchev–Trinajstić information content (AvgIpc) is 3.12. The lowest BCUT2D eigenvalue weighted by Crippen LogP contribution is -2.36. The molecule has 0 aliphatic carbocycles. The van der Waals surface area contributed by atoms with Gasteiger partial charge in [0, 0.05) is 62.7 Å². The van der Waals surface area contributed by atoms with Gasteiger partial charge in [-0.25, -0.2) is 15.0 Å². The van der Waals surface area contributed by atoms with Crippen LogP contribution in [-0.4, -0.2) is 37.6 Å². The number of imidazole rings is 1. The number of anilines is 1. The van der Waals surface area contributed by atoms with E-state index in [1.165, 1.54) is 5.56 Å². The van der Waals surface area contributed by atoms with Crippen molar-refractivity contribution in [1.82, 2.24) is 24.5 Å². The van der Waals surface area contributed by atoms with E-state index < -0.39 is 0 Å². The molecule has 24 heavy (non-hydrogen) atoms. The van der Waals surface area contributed by atoms with Crippen molar-refractivity contribution in [2.75, 3.05) is 18.0 Å². The quantitative estimate of drug-likeness (QED) is 0.739. The Hall–Kier alpha value is -2.76. The van der Waals surface area contributed by atoms with Crippen LogP contribution in [0.5, 0.6) is 0 Å². The van der Waals surface area contributed by atoms with Crippen LogP contribution in [0.2, 0.25) is 0 Å². The highest BCUT2D eigenvalue weighted by Gasteiger charge is 2.25. The Labute approximate surface area is 141 Å². The fourth-order valence-corrected chi connectivity index (χ4v) is 3.32. The molecule has 0 bridgehead atoms. The second-order valence-corrected chi connectivity index (χ2v) is 6.10. The highest BCUT2D eigenvalue weighted by atomic mass is 15.3. The molecule has 1 fully saturated rings. The van der Waals surface area contributed by atoms with E-state index in [4.69, 9.17) is 0 Å². The van der Waals surface area contributed by atoms with Crippen LogP contribution < -0.4 is 4.90 Å². The molecule has 1 atom stereocenters. The Morgan fingerprint density at radius 3 is 2.67 bits per heavy atom. The molecule has 0 N–H and O–H groups in total. The molecule has 3 aromatic heterocycles. The minimum absolute atomic E-state index is 0.402. The predicted octanol–water partition coefficient (Wildman–Crippen LogP) is 2.50. The third-order valence-electron chi connectivity index (χ3n) is 4.47. The SMILES string of the molecule is c1cnc(N2CCC[C@H](c3nccn3Cc3ccncc3)C2)nc1. The largest absolute Gasteiger partial charge is 0.340 e. The maximum absolute atomic E-state index is 4.64. The Balaban J connectivity index is 1.53. The van der Waals surface area contributed by atoms with Crippen LogP contribution in [-0.2, 0) is 6.54 Å². The van der Waals surface area contributed by atoms with Crippen LogP contribution in [0.3, 0.4) is 0 Å². The Morgan fingerprint density at radius 2 is 1.83 bits per heavy atom. The van der Waals surface area contributed by atoms with Crippen LogP contribution in [0.25, 0.3) is 0 Å². The van der Waals surface area contributed by atoms with E-state index >= 15 is 0 Å². The molecule has 0 amide bonds. The molecule has 6 heteroatoms. The van der Waals surface area contributed by atoms with Crippen LogP contribution in [0.1, 0.15) is 30.1 Å². The molecule has 4 rings (SSSR count). The zero-order valence-corrected chi connectivity index (χ0v) is 13.5. The van der Waals surface area contributed by atoms with Gasteiger partial charge in [0.05, 0.1) is 0 Å². The molecule has 1 saturated heterocycles. The van der Waals surface area contributed by atoms with Crippen LogP contribution >= 0.6 is 0 Å². The van der Waals surface area contributed by atoms with Gasteiger partial charge in [0.1, 0.15) is 5.82 Å². The molecule has 6 nitrogen and oxygen atoms in total. The number of rotatable bonds is 4. The van der Waals surface area contributed by atoms with Gasteiger partial charge in [-0.2, -0.15) is 0 Å². The summed E-state index contributed by atoms with van der Waals surface area (Å²) in [4.78, 5) is 19.8. The van der Waals surface area contributed by atoms with Crippen molar-refractivity contribution in [2.24, 2.45) is 0 Å². The highest BCUT2D eigenvalue weighted by molar-refractivity contribution is 5.30. The second kappa shape index (κ2) is 6.78. The van der Waals surface area contributed by atoms with Gasteiger partial charge >= 0.3 is 0 Å². The molecule has 0 saturated carbocycles. The first-order valence-electron chi connectivity index (χ1n) is 8.32. The standard InChI is InChI=1S/C18H20N6/c1-3-16(14-24(11-1)18-21-6-2-7-22-18)17-20-10-12-23(17)13-15-4-8-19-9-5-15/h2,4-10,12,16H,1,3,11,13-14H2/t16-/m0/s1. The Bertz CT molecular complexity index is 770. The number of nitrogens with zero attached hydrogens (tertiary/aromatic N) is 6. The first-order valence-corrected chi connectivity index (χ1v) is 8.32. The summed E-state index contributed by atoms with van der Waals surface area (Å²) in [5.74, 6) is 2.36. The molecule has 0 aromatic carbocycles. The van der Waals surface area contributed by atoms with Gasteiger partial charge in [-0.15, -0.1) is 0 Å². The zero-order valence-electron chi connectivity index (χ0n) is 13.5. The number of hydrogen-bond donors (Lipinski definition) is 0. The van der Waals surface area contributed by atoms with Crippen LogP contribution in [0, 0.1) is 0 Å². The lowest BCUT2D eigenvalue weighted by atomic mass is 9.97. The van der Waals surface area contributed by atoms with E-state index in [1.54, 1.807) is 12.4 Å². The van der Waals surface area contributed by atoms with Gasteiger partial charge in [0.2, 0.25) is 5.95 Å². The third kappa shape index (κ3) is 3.13. The average molecular weight is 320 g/mol. The van der Waals surface area contributed by atoms with Crippen molar-refractivity contribution in [3.8, 4) is 0 Å². The number of pyridine rings is 1. The molecular formula is C18H20N6. The van der Waals surface area contributed by atoms with Crippen molar-refractivity contribution >= 4 is 5.95 Å². The van der Waals surface area contributed by atoms with E-state index in [2.05, 4.69) is 47.7 Å². The molecular weight excluding hydrogens is 300 g/mol. The predicted molar refractivity (Wildman–Crippen MR) is 91.8 cm³/mol. The van der Waals surface area contributed by atoms with Crippen molar-refractivity contribution < 1.29 is 0 Å². The van der Waals surface area contributed by atoms with E-state index in [1.807, 2.05) is 24.7 Å². The molecule has 0 unspecified atom stereocenters. The highest BCUT2D eigenvalue weighted by Crippen LogP contribution is 2.27. The number of piperidine rings is 1. The van der Waals surface area contributed by atoms with Crippen molar-refractivity contribution in [1.29, 1.82) is 0 Å². The summed E-state index contributed by atoms with van der Waals surface area (Å²) in [5, 5.41) is 0. The fourth-order valence-electron chi connectivity index (χ4n) is 3.32. The molecule has 1 aliphatic heterocycles. The molecule has 3 aromatic rings. The van der Waals surface area contributed by atoms with Crippen molar-refractivity contribution in [3.05, 3.63) is 66.8 Å². The summed E-state index contributed by atoms with van der Waals surface area (Å²) in [5.41, 5.74) is 1.24. The molecule has 1 aliphatic rings. The molecule has 0 spiro atoms. The lowest BCUT2D eigenvalue weighted by Gasteiger charge is -2.32. The minimum Gasteiger partial charge on any atom is -0.340 e. The maximum Gasteiger partial charge on any atom is 0.225 e. The summed E-state index contributed by atoms with van der Waals surface area (Å²) in [6.07, 6.45) is 13.5. The fraction of sp³-hybridized carbons (Fsp3) is 0.333. The topological polar surface area (TPSA) is 59.7 Å². The summed E-state index contributed by atoms with van der Waals surface area (Å²) in [6, 6.07) is 5.95. The maximum atomic E-state index is 4.64. The van der Waals surface area contributed by atoms with E-state index in [0.717, 1.165) is 44.2 Å². The smallest absolute Gasteiger partial charge is 0.225 e. The van der Waals surface area contributed by atoms with Gasteiger partial charge < -0.3 is 9.47 Å². The van der Waals surface area contributed by atoms with Crippen LogP contribution in [0.15, 0.2) is 55.4 Å². The van der Waals surface area contributed by atoms with E-state index in [0.29, 0.717) is 5.92 Å². The van der Waals surface area contributed by atoms with Gasteiger partial charge in [-0.3, -0.25) is 4.98 Å². The zero-order chi connectivity index (χ0) is 16.2. The first kappa shape index (κ1) is 14.8. The third-order valence-corrected chi connectivity index (χ3v) is 4.47. The number of hydrogen-bond acceptors (Lipinski definition) is 5. The monoisotopic (exact) mass is 320 g/mol. The van der Waals surface area contributed by atoms with Crippen molar-refractivity contribution in [3.63, 3.8) is 0 Å². The summed E-state index contributed by atoms with van der Waals surface area (Å²) in [7, 11) is 0. The lowest BCUT2D eigenvalue weighted by molar-refractivity contribution is 0.471. The Morgan fingerprint density at radius 1 is 1.00 bits per heavy atom. The van der Waals surface area contributed by atoms with Gasteiger partial charge in [0.25, 0.3) is 0 Å². The van der Waals surface area contributed by atoms with Gasteiger partial charge in [0.15, 0.2) is 0 Å². The second-order valence-electron chi connectivity index (χ2n) is 6.10. The Kier molecular flexibility index (Phi) is 4.18. The normalized spacial score (nSPS) is 17.8. The van der Waals surface area contributed by atoms with Gasteiger partial charge in [-0.05, 0) is 36.6 Å². The number of aromatic nitrogens is 5. The summed E-state index contributed by atoms with van der Waals surface area (Å²) in [6.45, 7) is 2.75. The van der Waals surface area contributed by atoms with Crippen LogP contribution in [0.4, 0.5) is 5.95 Å². The summed E-state index contributed by atoms with van der Waals surface area (Å²) >= 11 is 0. The minimum atomic E-state index is 0.402. The molecule has 4 heterocycles. The van der Waals surface area contributed by atoms with Crippen molar-refractivity contribution in [2.45, 2.75) is 25.3 Å². The summed E-state index contributed by atoms with van der Waals surface area (Å²) < 4.78 is 2.25. The first-order chi connectivity index (χ1) is 11.9. The molecule has 0 radical (unpaired) electrons. The van der Waals surface area contributed by atoms with E-state index in [9.17, 15) is 0 Å². The molecule has 122 valence electrons. The van der Waals surface area contributed by atoms with Gasteiger partial charge in [-0.1, -0.05) is 0 Å².